The normalized spacial score (nSPS) is 16.3. The maximum absolute atomic E-state index is 12.4. The number of carbonyl (C=O) groups excluding carboxylic acids is 1. The first-order chi connectivity index (χ1) is 10.8. The fraction of sp³-hybridized carbons (Fsp3) is 0.750. The van der Waals surface area contributed by atoms with Gasteiger partial charge in [0.15, 0.2) is 0 Å². The molecule has 0 aromatic heterocycles. The molecule has 1 amide bonds. The van der Waals surface area contributed by atoms with E-state index in [0.29, 0.717) is 12.4 Å². The second-order valence-corrected chi connectivity index (χ2v) is 6.39. The molecule has 0 aromatic rings. The molecule has 132 valence electrons. The van der Waals surface area contributed by atoms with E-state index in [0.717, 1.165) is 39.3 Å². The van der Waals surface area contributed by atoms with Crippen LogP contribution in [0, 0.1) is 0 Å². The molecule has 7 nitrogen and oxygen atoms in total. The van der Waals surface area contributed by atoms with Crippen LogP contribution in [0.15, 0.2) is 17.5 Å². The standard InChI is InChI=1S/C16H30N4O3/c1-6-17-18-14(2)20(15(21)23-16(3,4)5)9-7-8-19-10-12-22-13-11-19/h6,18H,2,7-13H2,1,3-5H3/b17-6-. The van der Waals surface area contributed by atoms with E-state index >= 15 is 0 Å². The molecular weight excluding hydrogens is 296 g/mol. The van der Waals surface area contributed by atoms with Crippen molar-refractivity contribution in [3.63, 3.8) is 0 Å². The number of ether oxygens (including phenoxy) is 2. The summed E-state index contributed by atoms with van der Waals surface area (Å²) in [7, 11) is 0. The Balaban J connectivity index is 2.55. The molecular formula is C16H30N4O3. The van der Waals surface area contributed by atoms with Crippen LogP contribution in [-0.2, 0) is 9.47 Å². The van der Waals surface area contributed by atoms with Gasteiger partial charge in [-0.1, -0.05) is 6.58 Å². The fourth-order valence-corrected chi connectivity index (χ4v) is 2.13. The van der Waals surface area contributed by atoms with Crippen molar-refractivity contribution in [1.29, 1.82) is 0 Å². The van der Waals surface area contributed by atoms with Crippen molar-refractivity contribution in [1.82, 2.24) is 15.2 Å². The summed E-state index contributed by atoms with van der Waals surface area (Å²) in [6.07, 6.45) is 2.02. The zero-order valence-corrected chi connectivity index (χ0v) is 14.8. The average molecular weight is 326 g/mol. The summed E-state index contributed by atoms with van der Waals surface area (Å²) in [4.78, 5) is 16.2. The lowest BCUT2D eigenvalue weighted by molar-refractivity contribution is 0.0252. The van der Waals surface area contributed by atoms with E-state index in [1.54, 1.807) is 13.1 Å². The van der Waals surface area contributed by atoms with E-state index < -0.39 is 11.7 Å². The van der Waals surface area contributed by atoms with Crippen molar-refractivity contribution in [2.45, 2.75) is 39.7 Å². The van der Waals surface area contributed by atoms with Crippen molar-refractivity contribution in [3.8, 4) is 0 Å². The van der Waals surface area contributed by atoms with Gasteiger partial charge in [0, 0.05) is 32.4 Å². The molecule has 0 atom stereocenters. The van der Waals surface area contributed by atoms with Gasteiger partial charge in [-0.25, -0.2) is 4.79 Å². The average Bonchev–Trinajstić information content (AvgIpc) is 2.48. The van der Waals surface area contributed by atoms with Crippen molar-refractivity contribution in [3.05, 3.63) is 12.4 Å². The number of amides is 1. The molecule has 1 aliphatic heterocycles. The van der Waals surface area contributed by atoms with Crippen LogP contribution in [0.4, 0.5) is 4.79 Å². The summed E-state index contributed by atoms with van der Waals surface area (Å²) in [5.41, 5.74) is 2.21. The van der Waals surface area contributed by atoms with Crippen LogP contribution in [-0.4, -0.2) is 67.1 Å². The Morgan fingerprint density at radius 2 is 2.09 bits per heavy atom. The molecule has 7 heteroatoms. The lowest BCUT2D eigenvalue weighted by Gasteiger charge is -2.30. The van der Waals surface area contributed by atoms with Gasteiger partial charge in [-0.15, -0.1) is 0 Å². The zero-order valence-electron chi connectivity index (χ0n) is 14.8. The van der Waals surface area contributed by atoms with Crippen molar-refractivity contribution < 1.29 is 14.3 Å². The Bertz CT molecular complexity index is 412. The number of hydrogen-bond acceptors (Lipinski definition) is 6. The molecule has 0 spiro atoms. The van der Waals surface area contributed by atoms with Crippen LogP contribution in [0.2, 0.25) is 0 Å². The van der Waals surface area contributed by atoms with E-state index in [9.17, 15) is 4.79 Å². The summed E-state index contributed by atoms with van der Waals surface area (Å²) < 4.78 is 10.8. The second-order valence-electron chi connectivity index (χ2n) is 6.39. The number of rotatable bonds is 7. The minimum absolute atomic E-state index is 0.414. The molecule has 1 heterocycles. The first-order valence-corrected chi connectivity index (χ1v) is 8.06. The molecule has 0 bridgehead atoms. The van der Waals surface area contributed by atoms with Crippen molar-refractivity contribution in [2.24, 2.45) is 5.10 Å². The Kier molecular flexibility index (Phi) is 8.05. The highest BCUT2D eigenvalue weighted by Gasteiger charge is 2.24. The van der Waals surface area contributed by atoms with Gasteiger partial charge in [0.25, 0.3) is 0 Å². The molecule has 1 saturated heterocycles. The van der Waals surface area contributed by atoms with Gasteiger partial charge in [0.1, 0.15) is 11.4 Å². The molecule has 0 unspecified atom stereocenters. The van der Waals surface area contributed by atoms with Crippen LogP contribution in [0.1, 0.15) is 34.1 Å². The maximum Gasteiger partial charge on any atom is 0.415 e. The number of morpholine rings is 1. The smallest absolute Gasteiger partial charge is 0.415 e. The number of nitrogens with zero attached hydrogens (tertiary/aromatic N) is 3. The van der Waals surface area contributed by atoms with Crippen LogP contribution >= 0.6 is 0 Å². The minimum Gasteiger partial charge on any atom is -0.443 e. The molecule has 1 fully saturated rings. The summed E-state index contributed by atoms with van der Waals surface area (Å²) in [5, 5.41) is 3.92. The molecule has 23 heavy (non-hydrogen) atoms. The highest BCUT2D eigenvalue weighted by molar-refractivity contribution is 5.70. The van der Waals surface area contributed by atoms with Crippen LogP contribution < -0.4 is 5.43 Å². The lowest BCUT2D eigenvalue weighted by atomic mass is 10.2. The third-order valence-corrected chi connectivity index (χ3v) is 3.22. The Hall–Kier alpha value is -1.60. The van der Waals surface area contributed by atoms with Gasteiger partial charge < -0.3 is 9.47 Å². The number of carbonyl (C=O) groups is 1. The number of hydrazone groups is 1. The predicted molar refractivity (Wildman–Crippen MR) is 91.3 cm³/mol. The van der Waals surface area contributed by atoms with Gasteiger partial charge >= 0.3 is 6.09 Å². The maximum atomic E-state index is 12.4. The first-order valence-electron chi connectivity index (χ1n) is 8.06. The summed E-state index contributed by atoms with van der Waals surface area (Å²) in [5.74, 6) is 0.416. The number of nitrogens with one attached hydrogen (secondary N) is 1. The monoisotopic (exact) mass is 326 g/mol. The van der Waals surface area contributed by atoms with Gasteiger partial charge in [-0.2, -0.15) is 5.10 Å². The van der Waals surface area contributed by atoms with Crippen LogP contribution in [0.5, 0.6) is 0 Å². The third kappa shape index (κ3) is 7.99. The van der Waals surface area contributed by atoms with Crippen LogP contribution in [0.25, 0.3) is 0 Å². The molecule has 0 aliphatic carbocycles. The van der Waals surface area contributed by atoms with E-state index in [2.05, 4.69) is 22.0 Å². The fourth-order valence-electron chi connectivity index (χ4n) is 2.13. The predicted octanol–water partition coefficient (Wildman–Crippen LogP) is 2.01. The second kappa shape index (κ2) is 9.52. The molecule has 1 rings (SSSR count). The Morgan fingerprint density at radius 1 is 1.43 bits per heavy atom. The van der Waals surface area contributed by atoms with E-state index in [-0.39, 0.29) is 0 Å². The largest absolute Gasteiger partial charge is 0.443 e. The molecule has 1 N–H and O–H groups in total. The van der Waals surface area contributed by atoms with Crippen molar-refractivity contribution >= 4 is 12.3 Å². The van der Waals surface area contributed by atoms with Gasteiger partial charge in [-0.05, 0) is 34.1 Å². The van der Waals surface area contributed by atoms with Crippen LogP contribution in [0.3, 0.4) is 0 Å². The molecule has 0 saturated carbocycles. The Labute approximate surface area is 139 Å². The summed E-state index contributed by atoms with van der Waals surface area (Å²) in [6.45, 7) is 16.1. The Morgan fingerprint density at radius 3 is 2.65 bits per heavy atom. The third-order valence-electron chi connectivity index (χ3n) is 3.22. The van der Waals surface area contributed by atoms with Crippen molar-refractivity contribution in [2.75, 3.05) is 39.4 Å². The van der Waals surface area contributed by atoms with E-state index in [1.807, 2.05) is 20.8 Å². The SMILES string of the molecule is C=C(N/N=C\C)N(CCCN1CCOCC1)C(=O)OC(C)(C)C. The van der Waals surface area contributed by atoms with E-state index in [1.165, 1.54) is 4.90 Å². The summed E-state index contributed by atoms with van der Waals surface area (Å²) >= 11 is 0. The lowest BCUT2D eigenvalue weighted by Crippen LogP contribution is -2.41. The zero-order chi connectivity index (χ0) is 17.3. The number of hydrogen-bond donors (Lipinski definition) is 1. The molecule has 0 aromatic carbocycles. The van der Waals surface area contributed by atoms with E-state index in [4.69, 9.17) is 9.47 Å². The molecule has 0 radical (unpaired) electrons. The molecule has 1 aliphatic rings. The van der Waals surface area contributed by atoms with Gasteiger partial charge in [0.2, 0.25) is 0 Å². The topological polar surface area (TPSA) is 66.4 Å². The quantitative estimate of drug-likeness (QED) is 0.573. The minimum atomic E-state index is -0.548. The highest BCUT2D eigenvalue weighted by atomic mass is 16.6. The van der Waals surface area contributed by atoms with Gasteiger partial charge in [0.05, 0.1) is 13.2 Å². The van der Waals surface area contributed by atoms with Gasteiger partial charge in [-0.3, -0.25) is 15.2 Å². The summed E-state index contributed by atoms with van der Waals surface area (Å²) in [6, 6.07) is 0. The highest BCUT2D eigenvalue weighted by Crippen LogP contribution is 2.13. The first kappa shape index (κ1) is 19.4.